The SMILES string of the molecule is CN1Cc2c(Cl)cc(Cl)cc2C(c2cccc(S(=O)(=O)NCCOCCOCCOCCNC(=O)C(O)C(O)NCCOCCOCCOCCNS(=O)(=O)c3cccc(C4CN(C)Cc5c(Cl)cc(Cl)cc54)c3)c2)C1. The molecule has 19 nitrogen and oxygen atoms in total. The maximum absolute atomic E-state index is 13.1. The number of rotatable bonds is 33. The molecule has 4 atom stereocenters. The van der Waals surface area contributed by atoms with E-state index < -0.39 is 38.3 Å². The predicted octanol–water partition coefficient (Wildman–Crippen LogP) is 4.20. The highest BCUT2D eigenvalue weighted by Gasteiger charge is 2.30. The van der Waals surface area contributed by atoms with E-state index in [2.05, 4.69) is 29.9 Å². The van der Waals surface area contributed by atoms with Crippen LogP contribution in [0.3, 0.4) is 0 Å². The van der Waals surface area contributed by atoms with Crippen LogP contribution < -0.4 is 20.1 Å². The fourth-order valence-electron chi connectivity index (χ4n) is 8.69. The molecule has 2 heterocycles. The first-order chi connectivity index (χ1) is 36.4. The van der Waals surface area contributed by atoms with Gasteiger partial charge in [-0.25, -0.2) is 26.3 Å². The molecule has 2 aliphatic rings. The van der Waals surface area contributed by atoms with Crippen molar-refractivity contribution in [3.63, 3.8) is 0 Å². The maximum atomic E-state index is 13.1. The Hall–Kier alpha value is -3.11. The number of carbonyl (C=O) groups excluding carboxylic acids is 1. The number of ether oxygens (including phenoxy) is 6. The van der Waals surface area contributed by atoms with Crippen LogP contribution in [-0.4, -0.2) is 188 Å². The first-order valence-electron chi connectivity index (χ1n) is 24.8. The Morgan fingerprint density at radius 3 is 1.37 bits per heavy atom. The molecule has 0 spiro atoms. The van der Waals surface area contributed by atoms with Gasteiger partial charge in [-0.1, -0.05) is 70.7 Å². The Balaban J connectivity index is 0.712. The molecule has 0 bridgehead atoms. The average Bonchev–Trinajstić information content (AvgIpc) is 3.40. The third-order valence-corrected chi connectivity index (χ3v) is 16.4. The summed E-state index contributed by atoms with van der Waals surface area (Å²) in [5.41, 5.74) is 5.63. The molecule has 4 unspecified atom stereocenters. The standard InChI is InChI=1S/C51H68Cl4N6O13S2/c1-60-31-43(41-27-37(52)29-47(54)45(41)33-60)35-5-3-7-39(25-35)75(65,66)58-11-15-71-19-23-73-21-17-69-13-9-56-50(63)49(62)51(64)57-10-14-70-18-22-74-24-20-72-16-12-59-76(67,68)40-8-4-6-36(26-40)44-32-61(2)34-46-42(44)28-38(53)30-48(46)55/h3-8,25-30,43-44,49-50,56,58-59,62-63H,9-24,31-34H2,1-2H3,(H,57,64). The number of sulfonamides is 2. The van der Waals surface area contributed by atoms with Gasteiger partial charge in [0.1, 0.15) is 6.23 Å². The van der Waals surface area contributed by atoms with Gasteiger partial charge < -0.3 is 53.8 Å². The van der Waals surface area contributed by atoms with Crippen molar-refractivity contribution >= 4 is 72.4 Å². The van der Waals surface area contributed by atoms with Crippen LogP contribution in [0.4, 0.5) is 0 Å². The van der Waals surface area contributed by atoms with E-state index in [1.165, 1.54) is 0 Å². The first kappa shape index (κ1) is 62.1. The summed E-state index contributed by atoms with van der Waals surface area (Å²) in [4.78, 5) is 16.9. The van der Waals surface area contributed by atoms with Crippen LogP contribution in [0.1, 0.15) is 45.2 Å². The molecule has 76 heavy (non-hydrogen) atoms. The van der Waals surface area contributed by atoms with Gasteiger partial charge in [0, 0.05) is 84.3 Å². The van der Waals surface area contributed by atoms with Crippen molar-refractivity contribution in [3.05, 3.63) is 126 Å². The van der Waals surface area contributed by atoms with Crippen molar-refractivity contribution in [1.82, 2.24) is 29.9 Å². The minimum atomic E-state index is -3.81. The zero-order valence-electron chi connectivity index (χ0n) is 42.5. The van der Waals surface area contributed by atoms with Crippen molar-refractivity contribution in [1.29, 1.82) is 0 Å². The van der Waals surface area contributed by atoms with E-state index in [4.69, 9.17) is 74.8 Å². The number of aliphatic hydroxyl groups excluding tert-OH is 2. The fourth-order valence-corrected chi connectivity index (χ4v) is 12.0. The van der Waals surface area contributed by atoms with E-state index in [0.29, 0.717) is 46.3 Å². The van der Waals surface area contributed by atoms with Crippen molar-refractivity contribution in [3.8, 4) is 0 Å². The zero-order valence-corrected chi connectivity index (χ0v) is 47.1. The topological polar surface area (TPSA) is 236 Å². The summed E-state index contributed by atoms with van der Waals surface area (Å²) in [6, 6.07) is 21.0. The fraction of sp³-hybridized carbons (Fsp3) is 0.510. The number of nitrogens with one attached hydrogen (secondary N) is 4. The molecule has 0 aromatic heterocycles. The second-order valence-corrected chi connectivity index (χ2v) is 23.4. The first-order valence-corrected chi connectivity index (χ1v) is 29.3. The van der Waals surface area contributed by atoms with Gasteiger partial charge in [0.2, 0.25) is 20.0 Å². The van der Waals surface area contributed by atoms with E-state index in [1.54, 1.807) is 48.5 Å². The molecule has 6 rings (SSSR count). The Labute approximate surface area is 465 Å². The van der Waals surface area contributed by atoms with Crippen molar-refractivity contribution < 1.29 is 60.3 Å². The molecule has 420 valence electrons. The molecule has 0 aliphatic carbocycles. The van der Waals surface area contributed by atoms with Crippen molar-refractivity contribution in [2.24, 2.45) is 0 Å². The lowest BCUT2D eigenvalue weighted by Crippen LogP contribution is -2.50. The van der Waals surface area contributed by atoms with Crippen LogP contribution in [0.5, 0.6) is 0 Å². The quantitative estimate of drug-likeness (QED) is 0.0290. The largest absolute Gasteiger partial charge is 0.379 e. The van der Waals surface area contributed by atoms with Crippen molar-refractivity contribution in [2.45, 2.75) is 47.0 Å². The Morgan fingerprint density at radius 2 is 0.947 bits per heavy atom. The van der Waals surface area contributed by atoms with E-state index in [1.807, 2.05) is 38.4 Å². The van der Waals surface area contributed by atoms with E-state index in [0.717, 1.165) is 33.4 Å². The van der Waals surface area contributed by atoms with Gasteiger partial charge in [-0.05, 0) is 96.0 Å². The predicted molar refractivity (Wildman–Crippen MR) is 290 cm³/mol. The highest BCUT2D eigenvalue weighted by Crippen LogP contribution is 2.40. The second-order valence-electron chi connectivity index (χ2n) is 18.2. The third kappa shape index (κ3) is 19.0. The summed E-state index contributed by atoms with van der Waals surface area (Å²) in [7, 11) is -3.62. The summed E-state index contributed by atoms with van der Waals surface area (Å²) in [5.74, 6) is -0.989. The van der Waals surface area contributed by atoms with Gasteiger partial charge in [0.25, 0.3) is 5.91 Å². The molecule has 4 aromatic rings. The van der Waals surface area contributed by atoms with Crippen LogP contribution in [-0.2, 0) is 66.4 Å². The van der Waals surface area contributed by atoms with Crippen LogP contribution >= 0.6 is 46.4 Å². The molecule has 0 saturated heterocycles. The lowest BCUT2D eigenvalue weighted by Gasteiger charge is -2.33. The Kier molecular flexibility index (Phi) is 25.4. The normalized spacial score (nSPS) is 17.1. The van der Waals surface area contributed by atoms with Gasteiger partial charge in [0.15, 0.2) is 6.10 Å². The van der Waals surface area contributed by atoms with Gasteiger partial charge in [-0.15, -0.1) is 0 Å². The Bertz CT molecular complexity index is 2740. The molecular weight excluding hydrogens is 1110 g/mol. The average molecular weight is 1180 g/mol. The summed E-state index contributed by atoms with van der Waals surface area (Å²) >= 11 is 25.7. The van der Waals surface area contributed by atoms with Crippen LogP contribution in [0.2, 0.25) is 20.1 Å². The molecule has 0 radical (unpaired) electrons. The molecule has 0 saturated carbocycles. The molecule has 1 amide bonds. The number of benzene rings is 4. The van der Waals surface area contributed by atoms with Crippen LogP contribution in [0.15, 0.2) is 82.6 Å². The van der Waals surface area contributed by atoms with E-state index >= 15 is 0 Å². The molecule has 4 aromatic carbocycles. The molecule has 2 aliphatic heterocycles. The molecule has 6 N–H and O–H groups in total. The minimum absolute atomic E-state index is 0.0668. The second kappa shape index (κ2) is 31.0. The summed E-state index contributed by atoms with van der Waals surface area (Å²) in [6.45, 7) is 5.66. The summed E-state index contributed by atoms with van der Waals surface area (Å²) in [5, 5.41) is 27.7. The van der Waals surface area contributed by atoms with E-state index in [-0.39, 0.29) is 127 Å². The third-order valence-electron chi connectivity index (χ3n) is 12.4. The number of nitrogens with zero attached hydrogens (tertiary/aromatic N) is 2. The lowest BCUT2D eigenvalue weighted by molar-refractivity contribution is -0.136. The lowest BCUT2D eigenvalue weighted by atomic mass is 9.85. The smallest absolute Gasteiger partial charge is 0.253 e. The maximum Gasteiger partial charge on any atom is 0.253 e. The van der Waals surface area contributed by atoms with Crippen molar-refractivity contribution in [2.75, 3.05) is 133 Å². The number of halogens is 4. The summed E-state index contributed by atoms with van der Waals surface area (Å²) in [6.07, 6.45) is -3.26. The molecule has 25 heteroatoms. The number of likely N-dealkylation sites (N-methyl/N-ethyl adjacent to an activating group) is 2. The molecule has 0 fully saturated rings. The number of aliphatic hydroxyl groups is 2. The Morgan fingerprint density at radius 1 is 0.566 bits per heavy atom. The number of carbonyl (C=O) groups is 1. The minimum Gasteiger partial charge on any atom is -0.379 e. The highest BCUT2D eigenvalue weighted by atomic mass is 35.5. The van der Waals surface area contributed by atoms with Gasteiger partial charge in [0.05, 0.1) is 89.1 Å². The van der Waals surface area contributed by atoms with Crippen LogP contribution in [0.25, 0.3) is 0 Å². The summed E-state index contributed by atoms with van der Waals surface area (Å²) < 4.78 is 90.6. The monoisotopic (exact) mass is 1180 g/mol. The number of fused-ring (bicyclic) bond motifs is 2. The van der Waals surface area contributed by atoms with Gasteiger partial charge in [-0.2, -0.15) is 0 Å². The van der Waals surface area contributed by atoms with E-state index in [9.17, 15) is 31.8 Å². The van der Waals surface area contributed by atoms with Gasteiger partial charge in [-0.3, -0.25) is 10.1 Å². The molecular formula is C51H68Cl4N6O13S2. The van der Waals surface area contributed by atoms with Gasteiger partial charge >= 0.3 is 0 Å². The highest BCUT2D eigenvalue weighted by molar-refractivity contribution is 7.89. The zero-order chi connectivity index (χ0) is 54.7. The number of hydrogen-bond donors (Lipinski definition) is 6. The number of hydrogen-bond acceptors (Lipinski definition) is 16. The van der Waals surface area contributed by atoms with Crippen LogP contribution in [0, 0.1) is 0 Å². The number of amides is 1.